The van der Waals surface area contributed by atoms with E-state index in [4.69, 9.17) is 4.65 Å². The molecule has 0 N–H and O–H groups in total. The molecule has 0 aromatic heterocycles. The fourth-order valence-electron chi connectivity index (χ4n) is 1.35. The van der Waals surface area contributed by atoms with Gasteiger partial charge in [0.1, 0.15) is 0 Å². The van der Waals surface area contributed by atoms with E-state index in [2.05, 4.69) is 45.3 Å². The third-order valence-corrected chi connectivity index (χ3v) is 6.64. The first kappa shape index (κ1) is 23.3. The summed E-state index contributed by atoms with van der Waals surface area (Å²) in [4.78, 5) is 0. The van der Waals surface area contributed by atoms with Gasteiger partial charge in [-0.2, -0.15) is 36.4 Å². The van der Waals surface area contributed by atoms with Crippen molar-refractivity contribution in [1.82, 2.24) is 0 Å². The van der Waals surface area contributed by atoms with E-state index in [-0.39, 0.29) is 48.4 Å². The van der Waals surface area contributed by atoms with Crippen molar-refractivity contribution in [2.75, 3.05) is 0 Å². The van der Waals surface area contributed by atoms with Gasteiger partial charge in [-0.3, -0.25) is 0 Å². The summed E-state index contributed by atoms with van der Waals surface area (Å²) in [6.07, 6.45) is 0. The largest absolute Gasteiger partial charge is 1.00 e. The Morgan fingerprint density at radius 3 is 1.18 bits per heavy atom. The van der Waals surface area contributed by atoms with Crippen molar-refractivity contribution in [1.29, 1.82) is 0 Å². The molecule has 1 rings (SSSR count). The van der Waals surface area contributed by atoms with E-state index in [1.54, 1.807) is 0 Å². The smallest absolute Gasteiger partial charge is 0.668 e. The molecule has 0 spiro atoms. The molecule has 0 bridgehead atoms. The Morgan fingerprint density at radius 2 is 1.12 bits per heavy atom. The first-order chi connectivity index (χ1) is 6.71. The summed E-state index contributed by atoms with van der Waals surface area (Å²) in [7, 11) is -2.21. The van der Waals surface area contributed by atoms with Gasteiger partial charge in [-0.1, -0.05) is 55.8 Å². The standard InChI is InChI=1S/C6H18NSi2.C6H5.Li.Na/c1-8(2,3)7-9(4,5)6;1-2-4-6-5-3-1;;/h1-6H3;1-5H;;/q2*-1;2*+1. The molecule has 5 heteroatoms. The summed E-state index contributed by atoms with van der Waals surface area (Å²) in [6.45, 7) is 13.8. The molecule has 86 valence electrons. The number of rotatable bonds is 2. The minimum absolute atomic E-state index is 0. The van der Waals surface area contributed by atoms with Crippen LogP contribution in [0.1, 0.15) is 0 Å². The van der Waals surface area contributed by atoms with Crippen molar-refractivity contribution in [2.45, 2.75) is 39.3 Å². The second kappa shape index (κ2) is 11.1. The molecule has 0 unspecified atom stereocenters. The van der Waals surface area contributed by atoms with E-state index in [1.807, 2.05) is 30.3 Å². The maximum Gasteiger partial charge on any atom is 1.00 e. The summed E-state index contributed by atoms with van der Waals surface area (Å²) < 4.78 is 4.82. The van der Waals surface area contributed by atoms with Crippen LogP contribution in [-0.2, 0) is 0 Å². The van der Waals surface area contributed by atoms with Crippen LogP contribution in [0.2, 0.25) is 39.3 Å². The third kappa shape index (κ3) is 22.8. The van der Waals surface area contributed by atoms with Gasteiger partial charge in [-0.05, 0) is 0 Å². The Labute approximate surface area is 144 Å². The van der Waals surface area contributed by atoms with E-state index in [0.717, 1.165) is 0 Å². The van der Waals surface area contributed by atoms with Crippen LogP contribution in [0.3, 0.4) is 0 Å². The molecule has 0 atom stereocenters. The van der Waals surface area contributed by atoms with Crippen molar-refractivity contribution in [3.05, 3.63) is 41.0 Å². The first-order valence-electron chi connectivity index (χ1n) is 5.36. The molecule has 0 saturated heterocycles. The fraction of sp³-hybridized carbons (Fsp3) is 0.500. The van der Waals surface area contributed by atoms with Gasteiger partial charge in [-0.25, -0.2) is 0 Å². The summed E-state index contributed by atoms with van der Waals surface area (Å²) in [6, 6.07) is 12.5. The van der Waals surface area contributed by atoms with E-state index in [1.165, 1.54) is 0 Å². The average Bonchev–Trinajstić information content (AvgIpc) is 2.01. The zero-order valence-electron chi connectivity index (χ0n) is 12.8. The molecule has 0 aliphatic heterocycles. The fourth-order valence-corrected chi connectivity index (χ4v) is 9.40. The maximum atomic E-state index is 4.82. The van der Waals surface area contributed by atoms with Gasteiger partial charge in [0.25, 0.3) is 0 Å². The Balaban J connectivity index is -0.000000216. The molecule has 0 radical (unpaired) electrons. The summed E-state index contributed by atoms with van der Waals surface area (Å²) >= 11 is 0. The van der Waals surface area contributed by atoms with Crippen molar-refractivity contribution in [3.63, 3.8) is 0 Å². The van der Waals surface area contributed by atoms with Gasteiger partial charge >= 0.3 is 48.4 Å². The van der Waals surface area contributed by atoms with Crippen LogP contribution in [0.5, 0.6) is 0 Å². The normalized spacial score (nSPS) is 10.2. The molecular formula is C12H23LiNNaSi2. The summed E-state index contributed by atoms with van der Waals surface area (Å²) in [5, 5.41) is 0. The predicted octanol–water partition coefficient (Wildman–Crippen LogP) is -1.48. The molecule has 17 heavy (non-hydrogen) atoms. The van der Waals surface area contributed by atoms with Gasteiger partial charge in [0.2, 0.25) is 0 Å². The third-order valence-electron chi connectivity index (χ3n) is 1.28. The number of benzene rings is 1. The zero-order valence-corrected chi connectivity index (χ0v) is 16.8. The molecule has 0 fully saturated rings. The summed E-state index contributed by atoms with van der Waals surface area (Å²) in [5.74, 6) is 0. The Morgan fingerprint density at radius 1 is 0.765 bits per heavy atom. The second-order valence-corrected chi connectivity index (χ2v) is 15.1. The molecule has 0 heterocycles. The summed E-state index contributed by atoms with van der Waals surface area (Å²) in [5.41, 5.74) is 0. The van der Waals surface area contributed by atoms with Crippen molar-refractivity contribution in [2.24, 2.45) is 0 Å². The molecule has 1 nitrogen and oxygen atoms in total. The minimum Gasteiger partial charge on any atom is -0.668 e. The van der Waals surface area contributed by atoms with Crippen molar-refractivity contribution >= 4 is 16.5 Å². The molecule has 0 aliphatic carbocycles. The second-order valence-electron chi connectivity index (χ2n) is 5.53. The number of hydrogen-bond acceptors (Lipinski definition) is 0. The molecule has 1 aromatic carbocycles. The number of hydrogen-bond donors (Lipinski definition) is 0. The van der Waals surface area contributed by atoms with Crippen molar-refractivity contribution < 1.29 is 48.4 Å². The van der Waals surface area contributed by atoms with Crippen LogP contribution in [0.15, 0.2) is 30.3 Å². The van der Waals surface area contributed by atoms with Gasteiger partial charge in [0, 0.05) is 0 Å². The quantitative estimate of drug-likeness (QED) is 0.459. The minimum atomic E-state index is -1.11. The molecule has 0 amide bonds. The zero-order chi connectivity index (χ0) is 11.9. The molecular weight excluding hydrogens is 244 g/mol. The van der Waals surface area contributed by atoms with Crippen LogP contribution in [-0.4, -0.2) is 16.5 Å². The predicted molar refractivity (Wildman–Crippen MR) is 75.3 cm³/mol. The van der Waals surface area contributed by atoms with Crippen LogP contribution >= 0.6 is 0 Å². The topological polar surface area (TPSA) is 14.1 Å². The van der Waals surface area contributed by atoms with Crippen molar-refractivity contribution in [3.8, 4) is 0 Å². The maximum absolute atomic E-state index is 4.82. The van der Waals surface area contributed by atoms with Crippen LogP contribution in [0.4, 0.5) is 0 Å². The first-order valence-corrected chi connectivity index (χ1v) is 12.3. The molecule has 0 aliphatic rings. The Hall–Kier alpha value is 1.21. The van der Waals surface area contributed by atoms with Crippen LogP contribution in [0.25, 0.3) is 4.65 Å². The monoisotopic (exact) mass is 267 g/mol. The average molecular weight is 267 g/mol. The van der Waals surface area contributed by atoms with E-state index < -0.39 is 16.5 Å². The van der Waals surface area contributed by atoms with Gasteiger partial charge in [-0.15, -0.1) is 0 Å². The molecule has 1 aromatic rings. The van der Waals surface area contributed by atoms with E-state index in [9.17, 15) is 0 Å². The van der Waals surface area contributed by atoms with Gasteiger partial charge < -0.3 is 4.65 Å². The SMILES string of the molecule is C[Si](C)(C)[N-][Si](C)(C)C.[Li+].[Na+].[c-]1ccccc1. The van der Waals surface area contributed by atoms with E-state index in [0.29, 0.717) is 0 Å². The van der Waals surface area contributed by atoms with Crippen LogP contribution in [0, 0.1) is 6.07 Å². The van der Waals surface area contributed by atoms with Gasteiger partial charge in [0.05, 0.1) is 0 Å². The molecule has 0 saturated carbocycles. The van der Waals surface area contributed by atoms with Crippen LogP contribution < -0.4 is 48.4 Å². The Bertz CT molecular complexity index is 219. The van der Waals surface area contributed by atoms with Gasteiger partial charge in [0.15, 0.2) is 0 Å². The number of nitrogens with zero attached hydrogens (tertiary/aromatic N) is 1. The van der Waals surface area contributed by atoms with E-state index >= 15 is 0 Å². The Kier molecular flexibility index (Phi) is 15.2.